The van der Waals surface area contributed by atoms with Gasteiger partial charge in [0.1, 0.15) is 4.21 Å². The fourth-order valence-corrected chi connectivity index (χ4v) is 8.49. The minimum atomic E-state index is -4.08. The molecule has 1 aliphatic heterocycles. The summed E-state index contributed by atoms with van der Waals surface area (Å²) in [5.74, 6) is -0.263. The summed E-state index contributed by atoms with van der Waals surface area (Å²) in [7, 11) is -5.08. The van der Waals surface area contributed by atoms with Crippen LogP contribution in [-0.2, 0) is 33.0 Å². The molecular weight excluding hydrogens is 622 g/mol. The number of methoxy groups -OCH3 is 2. The maximum atomic E-state index is 13.4. The summed E-state index contributed by atoms with van der Waals surface area (Å²) < 4.78 is 67.4. The second-order valence-corrected chi connectivity index (χ2v) is 14.8. The highest BCUT2D eigenvalue weighted by molar-refractivity contribution is 7.94. The average molecular weight is 648 g/mol. The molecule has 0 bridgehead atoms. The summed E-state index contributed by atoms with van der Waals surface area (Å²) >= 11 is 6.78. The van der Waals surface area contributed by atoms with Crippen LogP contribution in [0.2, 0.25) is 4.34 Å². The lowest BCUT2D eigenvalue weighted by atomic mass is 10.0. The third-order valence-corrected chi connectivity index (χ3v) is 11.6. The van der Waals surface area contributed by atoms with Crippen molar-refractivity contribution in [3.05, 3.63) is 93.8 Å². The number of amides is 1. The first-order valence-electron chi connectivity index (χ1n) is 12.5. The Hall–Kier alpha value is -3.62. The number of benzene rings is 3. The standard InChI is InChI=1S/C28H26ClN3O7S3/c1-38-24-15-22(23(16-25(24)39-2)31-41(34,35)27-12-11-26(29)40-27)28(33)30-20-7-9-21(10-8-20)42(36,37)32-14-13-18-5-3-4-6-19(18)17-32/h3-12,15-16,31H,13-14,17H2,1-2H3,(H,30,33). The number of nitrogens with zero attached hydrogens (tertiary/aromatic N) is 1. The van der Waals surface area contributed by atoms with Crippen LogP contribution in [0.1, 0.15) is 21.5 Å². The van der Waals surface area contributed by atoms with Gasteiger partial charge in [-0.3, -0.25) is 9.52 Å². The summed E-state index contributed by atoms with van der Waals surface area (Å²) in [5, 5.41) is 2.69. The van der Waals surface area contributed by atoms with Crippen LogP contribution >= 0.6 is 22.9 Å². The van der Waals surface area contributed by atoms with Crippen molar-refractivity contribution in [3.63, 3.8) is 0 Å². The molecule has 14 heteroatoms. The first-order chi connectivity index (χ1) is 20.0. The van der Waals surface area contributed by atoms with E-state index in [1.807, 2.05) is 24.3 Å². The third-order valence-electron chi connectivity index (χ3n) is 6.67. The van der Waals surface area contributed by atoms with E-state index in [1.165, 1.54) is 67.1 Å². The highest BCUT2D eigenvalue weighted by atomic mass is 35.5. The van der Waals surface area contributed by atoms with Gasteiger partial charge in [0.2, 0.25) is 10.0 Å². The van der Waals surface area contributed by atoms with Crippen molar-refractivity contribution in [2.75, 3.05) is 30.8 Å². The largest absolute Gasteiger partial charge is 0.493 e. The Morgan fingerprint density at radius 3 is 2.21 bits per heavy atom. The highest BCUT2D eigenvalue weighted by Crippen LogP contribution is 2.36. The van der Waals surface area contributed by atoms with Crippen molar-refractivity contribution in [2.24, 2.45) is 0 Å². The number of thiophene rings is 1. The zero-order valence-electron chi connectivity index (χ0n) is 22.5. The van der Waals surface area contributed by atoms with E-state index < -0.39 is 26.0 Å². The van der Waals surface area contributed by atoms with Crippen LogP contribution < -0.4 is 19.5 Å². The maximum absolute atomic E-state index is 13.4. The quantitative estimate of drug-likeness (QED) is 0.255. The van der Waals surface area contributed by atoms with Crippen LogP contribution in [0.3, 0.4) is 0 Å². The van der Waals surface area contributed by atoms with Crippen molar-refractivity contribution in [2.45, 2.75) is 22.1 Å². The van der Waals surface area contributed by atoms with Gasteiger partial charge in [-0.15, -0.1) is 11.3 Å². The van der Waals surface area contributed by atoms with E-state index in [2.05, 4.69) is 10.0 Å². The number of hydrogen-bond donors (Lipinski definition) is 2. The Balaban J connectivity index is 1.38. The molecule has 3 aromatic carbocycles. The monoisotopic (exact) mass is 647 g/mol. The molecular formula is C28H26ClN3O7S3. The molecule has 0 spiro atoms. The normalized spacial score (nSPS) is 13.7. The Morgan fingerprint density at radius 2 is 1.57 bits per heavy atom. The van der Waals surface area contributed by atoms with Crippen molar-refractivity contribution in [3.8, 4) is 11.5 Å². The second kappa shape index (κ2) is 11.9. The minimum Gasteiger partial charge on any atom is -0.493 e. The first kappa shape index (κ1) is 29.9. The van der Waals surface area contributed by atoms with E-state index in [-0.39, 0.29) is 42.7 Å². The van der Waals surface area contributed by atoms with Gasteiger partial charge in [-0.1, -0.05) is 35.9 Å². The molecule has 10 nitrogen and oxygen atoms in total. The summed E-state index contributed by atoms with van der Waals surface area (Å²) in [6.45, 7) is 0.653. The molecule has 2 heterocycles. The predicted octanol–water partition coefficient (Wildman–Crippen LogP) is 5.22. The molecule has 0 saturated heterocycles. The number of carbonyl (C=O) groups is 1. The molecule has 2 N–H and O–H groups in total. The average Bonchev–Trinajstić information content (AvgIpc) is 3.44. The number of ether oxygens (including phenoxy) is 2. The smallest absolute Gasteiger partial charge is 0.271 e. The fraction of sp³-hybridized carbons (Fsp3) is 0.179. The fourth-order valence-electron chi connectivity index (χ4n) is 4.52. The molecule has 1 aliphatic rings. The lowest BCUT2D eigenvalue weighted by Gasteiger charge is -2.28. The van der Waals surface area contributed by atoms with Crippen molar-refractivity contribution in [1.29, 1.82) is 0 Å². The van der Waals surface area contributed by atoms with Gasteiger partial charge in [0.15, 0.2) is 11.5 Å². The van der Waals surface area contributed by atoms with E-state index in [4.69, 9.17) is 21.1 Å². The molecule has 0 aliphatic carbocycles. The Labute approximate surface area is 252 Å². The summed E-state index contributed by atoms with van der Waals surface area (Å²) in [4.78, 5) is 13.5. The zero-order chi connectivity index (χ0) is 30.1. The lowest BCUT2D eigenvalue weighted by Crippen LogP contribution is -2.35. The molecule has 0 fully saturated rings. The molecule has 4 aromatic rings. The summed E-state index contributed by atoms with van der Waals surface area (Å²) in [6.07, 6.45) is 0.625. The zero-order valence-corrected chi connectivity index (χ0v) is 25.7. The predicted molar refractivity (Wildman–Crippen MR) is 162 cm³/mol. The van der Waals surface area contributed by atoms with Gasteiger partial charge in [0, 0.05) is 24.8 Å². The van der Waals surface area contributed by atoms with Gasteiger partial charge in [-0.2, -0.15) is 4.31 Å². The number of hydrogen-bond acceptors (Lipinski definition) is 8. The maximum Gasteiger partial charge on any atom is 0.271 e. The molecule has 1 amide bonds. The molecule has 0 saturated carbocycles. The Kier molecular flexibility index (Phi) is 8.49. The van der Waals surface area contributed by atoms with E-state index in [0.29, 0.717) is 18.7 Å². The SMILES string of the molecule is COc1cc(NS(=O)(=O)c2ccc(Cl)s2)c(C(=O)Nc2ccc(S(=O)(=O)N3CCc4ccccc4C3)cc2)cc1OC. The van der Waals surface area contributed by atoms with Crippen LogP contribution in [0.25, 0.3) is 0 Å². The molecule has 1 aromatic heterocycles. The molecule has 0 atom stereocenters. The number of fused-ring (bicyclic) bond motifs is 1. The highest BCUT2D eigenvalue weighted by Gasteiger charge is 2.28. The number of sulfonamides is 2. The topological polar surface area (TPSA) is 131 Å². The van der Waals surface area contributed by atoms with Gasteiger partial charge in [0.25, 0.3) is 15.9 Å². The number of halogens is 1. The lowest BCUT2D eigenvalue weighted by molar-refractivity contribution is 0.102. The van der Waals surface area contributed by atoms with E-state index >= 15 is 0 Å². The van der Waals surface area contributed by atoms with E-state index in [9.17, 15) is 21.6 Å². The van der Waals surface area contributed by atoms with Crippen LogP contribution in [0.15, 0.2) is 81.9 Å². The van der Waals surface area contributed by atoms with Gasteiger partial charge in [0.05, 0.1) is 34.7 Å². The Morgan fingerprint density at radius 1 is 0.905 bits per heavy atom. The van der Waals surface area contributed by atoms with Gasteiger partial charge in [-0.25, -0.2) is 16.8 Å². The van der Waals surface area contributed by atoms with Crippen molar-refractivity contribution in [1.82, 2.24) is 4.31 Å². The van der Waals surface area contributed by atoms with Crippen LogP contribution in [0, 0.1) is 0 Å². The van der Waals surface area contributed by atoms with Crippen LogP contribution in [0.4, 0.5) is 11.4 Å². The molecule has 0 unspecified atom stereocenters. The number of nitrogens with one attached hydrogen (secondary N) is 2. The van der Waals surface area contributed by atoms with Gasteiger partial charge < -0.3 is 14.8 Å². The summed E-state index contributed by atoms with van der Waals surface area (Å²) in [5.41, 5.74) is 2.30. The molecule has 42 heavy (non-hydrogen) atoms. The van der Waals surface area contributed by atoms with Crippen LogP contribution in [0.5, 0.6) is 11.5 Å². The van der Waals surface area contributed by atoms with Crippen molar-refractivity contribution < 1.29 is 31.1 Å². The second-order valence-electron chi connectivity index (χ2n) is 9.25. The first-order valence-corrected chi connectivity index (χ1v) is 16.7. The minimum absolute atomic E-state index is 0.0392. The van der Waals surface area contributed by atoms with E-state index in [1.54, 1.807) is 0 Å². The van der Waals surface area contributed by atoms with E-state index in [0.717, 1.165) is 22.5 Å². The number of rotatable bonds is 9. The number of carbonyl (C=O) groups excluding carboxylic acids is 1. The molecule has 0 radical (unpaired) electrons. The van der Waals surface area contributed by atoms with Crippen LogP contribution in [-0.4, -0.2) is 47.8 Å². The van der Waals surface area contributed by atoms with Gasteiger partial charge >= 0.3 is 0 Å². The molecule has 5 rings (SSSR count). The Bertz CT molecular complexity index is 1860. The molecule has 220 valence electrons. The summed E-state index contributed by atoms with van der Waals surface area (Å²) in [6, 6.07) is 19.0. The van der Waals surface area contributed by atoms with Crippen molar-refractivity contribution >= 4 is 60.3 Å². The third kappa shape index (κ3) is 6.10. The number of anilines is 2. The van der Waals surface area contributed by atoms with Gasteiger partial charge in [-0.05, 0) is 60.0 Å².